The van der Waals surface area contributed by atoms with Gasteiger partial charge in [0.1, 0.15) is 17.5 Å². The Kier molecular flexibility index (Phi) is 3.84. The number of carbonyl (C=O) groups excluding carboxylic acids is 1. The van der Waals surface area contributed by atoms with Crippen molar-refractivity contribution in [1.82, 2.24) is 10.3 Å². The number of amides is 1. The predicted molar refractivity (Wildman–Crippen MR) is 72.4 cm³/mol. The molecule has 0 bridgehead atoms. The van der Waals surface area contributed by atoms with E-state index in [2.05, 4.69) is 24.1 Å². The van der Waals surface area contributed by atoms with Gasteiger partial charge in [-0.25, -0.2) is 4.98 Å². The zero-order valence-corrected chi connectivity index (χ0v) is 11.4. The van der Waals surface area contributed by atoms with Gasteiger partial charge in [-0.15, -0.1) is 0 Å². The fourth-order valence-electron chi connectivity index (χ4n) is 2.36. The summed E-state index contributed by atoms with van der Waals surface area (Å²) in [5.74, 6) is 0.496. The van der Waals surface area contributed by atoms with Gasteiger partial charge in [0.2, 0.25) is 0 Å². The van der Waals surface area contributed by atoms with Crippen molar-refractivity contribution in [3.63, 3.8) is 0 Å². The highest BCUT2D eigenvalue weighted by atomic mass is 16.1. The number of hydrogen-bond acceptors (Lipinski definition) is 3. The second-order valence-electron chi connectivity index (χ2n) is 5.82. The summed E-state index contributed by atoms with van der Waals surface area (Å²) in [6.45, 7) is 5.03. The average molecular weight is 257 g/mol. The van der Waals surface area contributed by atoms with Crippen LogP contribution in [0.25, 0.3) is 0 Å². The van der Waals surface area contributed by atoms with Crippen molar-refractivity contribution in [3.8, 4) is 6.07 Å². The molecule has 0 aromatic carbocycles. The van der Waals surface area contributed by atoms with Crippen LogP contribution in [0.1, 0.15) is 49.3 Å². The van der Waals surface area contributed by atoms with Crippen LogP contribution in [0.4, 0.5) is 0 Å². The number of nitrogens with one attached hydrogen (secondary N) is 1. The largest absolute Gasteiger partial charge is 0.350 e. The molecule has 1 fully saturated rings. The number of carbonyl (C=O) groups is 1. The first-order chi connectivity index (χ1) is 9.03. The lowest BCUT2D eigenvalue weighted by atomic mass is 9.67. The first-order valence-corrected chi connectivity index (χ1v) is 6.68. The van der Waals surface area contributed by atoms with E-state index in [9.17, 15) is 4.79 Å². The maximum Gasteiger partial charge on any atom is 0.269 e. The van der Waals surface area contributed by atoms with E-state index in [1.165, 1.54) is 19.3 Å². The van der Waals surface area contributed by atoms with Crippen LogP contribution >= 0.6 is 0 Å². The van der Waals surface area contributed by atoms with Crippen molar-refractivity contribution in [2.45, 2.75) is 33.1 Å². The molecule has 1 N–H and O–H groups in total. The monoisotopic (exact) mass is 257 g/mol. The van der Waals surface area contributed by atoms with E-state index >= 15 is 0 Å². The standard InChI is InChI=1S/C15H19N3O/c1-15(2,11-5-3-6-11)10-17-14(19)13-8-4-7-12(9-16)18-13/h4,7-8,11H,3,5-6,10H2,1-2H3,(H,17,19). The van der Waals surface area contributed by atoms with Crippen LogP contribution in [-0.2, 0) is 0 Å². The summed E-state index contributed by atoms with van der Waals surface area (Å²) in [5, 5.41) is 11.7. The first kappa shape index (κ1) is 13.5. The lowest BCUT2D eigenvalue weighted by Crippen LogP contribution is -2.41. The van der Waals surface area contributed by atoms with Gasteiger partial charge in [-0.05, 0) is 36.3 Å². The number of aromatic nitrogens is 1. The van der Waals surface area contributed by atoms with Gasteiger partial charge in [0.05, 0.1) is 0 Å². The number of pyridine rings is 1. The van der Waals surface area contributed by atoms with Crippen molar-refractivity contribution in [2.75, 3.05) is 6.54 Å². The molecule has 1 heterocycles. The normalized spacial score (nSPS) is 15.4. The Morgan fingerprint density at radius 1 is 1.53 bits per heavy atom. The Bertz CT molecular complexity index is 512. The summed E-state index contributed by atoms with van der Waals surface area (Å²) < 4.78 is 0. The van der Waals surface area contributed by atoms with Crippen LogP contribution in [0, 0.1) is 22.7 Å². The highest BCUT2D eigenvalue weighted by Gasteiger charge is 2.34. The fourth-order valence-corrected chi connectivity index (χ4v) is 2.36. The minimum absolute atomic E-state index is 0.126. The van der Waals surface area contributed by atoms with Crippen molar-refractivity contribution in [2.24, 2.45) is 11.3 Å². The third-order valence-electron chi connectivity index (χ3n) is 4.01. The van der Waals surface area contributed by atoms with Gasteiger partial charge < -0.3 is 5.32 Å². The second-order valence-corrected chi connectivity index (χ2v) is 5.82. The molecule has 0 atom stereocenters. The van der Waals surface area contributed by atoms with Gasteiger partial charge in [-0.1, -0.05) is 26.3 Å². The van der Waals surface area contributed by atoms with E-state index in [0.29, 0.717) is 18.2 Å². The minimum Gasteiger partial charge on any atom is -0.350 e. The molecule has 0 spiro atoms. The smallest absolute Gasteiger partial charge is 0.269 e. The SMILES string of the molecule is CC(C)(CNC(=O)c1cccc(C#N)n1)C1CCC1. The number of nitriles is 1. The molecule has 0 unspecified atom stereocenters. The topological polar surface area (TPSA) is 65.8 Å². The van der Waals surface area contributed by atoms with Crippen LogP contribution in [-0.4, -0.2) is 17.4 Å². The van der Waals surface area contributed by atoms with Crippen LogP contribution in [0.2, 0.25) is 0 Å². The molecule has 1 aliphatic carbocycles. The Morgan fingerprint density at radius 3 is 2.84 bits per heavy atom. The Labute approximate surface area is 113 Å². The van der Waals surface area contributed by atoms with Crippen molar-refractivity contribution in [3.05, 3.63) is 29.6 Å². The molecule has 1 saturated carbocycles. The lowest BCUT2D eigenvalue weighted by Gasteiger charge is -2.40. The molecule has 0 aliphatic heterocycles. The molecule has 4 nitrogen and oxygen atoms in total. The van der Waals surface area contributed by atoms with E-state index in [1.54, 1.807) is 18.2 Å². The predicted octanol–water partition coefficient (Wildman–Crippen LogP) is 2.51. The van der Waals surface area contributed by atoms with Gasteiger partial charge in [0, 0.05) is 6.54 Å². The summed E-state index contributed by atoms with van der Waals surface area (Å²) >= 11 is 0. The van der Waals surface area contributed by atoms with Crippen molar-refractivity contribution >= 4 is 5.91 Å². The molecule has 1 aromatic rings. The van der Waals surface area contributed by atoms with E-state index in [-0.39, 0.29) is 17.0 Å². The van der Waals surface area contributed by atoms with Gasteiger partial charge in [-0.3, -0.25) is 4.79 Å². The first-order valence-electron chi connectivity index (χ1n) is 6.68. The molecule has 0 saturated heterocycles. The zero-order chi connectivity index (χ0) is 13.9. The Balaban J connectivity index is 1.95. The molecule has 100 valence electrons. The van der Waals surface area contributed by atoms with E-state index in [1.807, 2.05) is 6.07 Å². The van der Waals surface area contributed by atoms with Gasteiger partial charge in [0.25, 0.3) is 5.91 Å². The van der Waals surface area contributed by atoms with Gasteiger partial charge in [0.15, 0.2) is 0 Å². The second kappa shape index (κ2) is 5.40. The van der Waals surface area contributed by atoms with Crippen LogP contribution in [0.5, 0.6) is 0 Å². The molecule has 2 rings (SSSR count). The van der Waals surface area contributed by atoms with Gasteiger partial charge >= 0.3 is 0 Å². The number of hydrogen-bond donors (Lipinski definition) is 1. The molecule has 4 heteroatoms. The van der Waals surface area contributed by atoms with Crippen LogP contribution in [0.15, 0.2) is 18.2 Å². The fraction of sp³-hybridized carbons (Fsp3) is 0.533. The molecular weight excluding hydrogens is 238 g/mol. The Morgan fingerprint density at radius 2 is 2.26 bits per heavy atom. The third kappa shape index (κ3) is 3.11. The molecule has 1 amide bonds. The maximum atomic E-state index is 12.0. The highest BCUT2D eigenvalue weighted by molar-refractivity contribution is 5.92. The summed E-state index contributed by atoms with van der Waals surface area (Å²) in [7, 11) is 0. The van der Waals surface area contributed by atoms with Crippen molar-refractivity contribution in [1.29, 1.82) is 5.26 Å². The summed E-state index contributed by atoms with van der Waals surface area (Å²) in [6.07, 6.45) is 3.81. The van der Waals surface area contributed by atoms with Crippen molar-refractivity contribution < 1.29 is 4.79 Å². The van der Waals surface area contributed by atoms with E-state index in [0.717, 1.165) is 0 Å². The van der Waals surface area contributed by atoms with Crippen LogP contribution < -0.4 is 5.32 Å². The molecule has 0 radical (unpaired) electrons. The van der Waals surface area contributed by atoms with E-state index in [4.69, 9.17) is 5.26 Å². The Hall–Kier alpha value is -1.89. The summed E-state index contributed by atoms with van der Waals surface area (Å²) in [5.41, 5.74) is 0.704. The van der Waals surface area contributed by atoms with Gasteiger partial charge in [-0.2, -0.15) is 5.26 Å². The maximum absolute atomic E-state index is 12.0. The van der Waals surface area contributed by atoms with E-state index < -0.39 is 0 Å². The molecule has 1 aliphatic rings. The zero-order valence-electron chi connectivity index (χ0n) is 11.4. The summed E-state index contributed by atoms with van der Waals surface area (Å²) in [6, 6.07) is 6.84. The number of nitrogens with zero attached hydrogens (tertiary/aromatic N) is 2. The minimum atomic E-state index is -0.204. The number of rotatable bonds is 4. The highest BCUT2D eigenvalue weighted by Crippen LogP contribution is 2.41. The third-order valence-corrected chi connectivity index (χ3v) is 4.01. The molecule has 19 heavy (non-hydrogen) atoms. The quantitative estimate of drug-likeness (QED) is 0.901. The molecule has 1 aromatic heterocycles. The average Bonchev–Trinajstić information content (AvgIpc) is 2.33. The van der Waals surface area contributed by atoms with Crippen LogP contribution in [0.3, 0.4) is 0 Å². The molecular formula is C15H19N3O. The summed E-state index contributed by atoms with van der Waals surface area (Å²) in [4.78, 5) is 16.0. The lowest BCUT2D eigenvalue weighted by molar-refractivity contribution is 0.0854.